The molecule has 3 amide bonds. The van der Waals surface area contributed by atoms with Gasteiger partial charge in [0.05, 0.1) is 31.4 Å². The van der Waals surface area contributed by atoms with Crippen LogP contribution in [0.25, 0.3) is 0 Å². The van der Waals surface area contributed by atoms with Gasteiger partial charge in [-0.2, -0.15) is 0 Å². The number of carbonyl (C=O) groups is 3. The van der Waals surface area contributed by atoms with E-state index in [1.807, 2.05) is 12.1 Å². The number of ether oxygens (including phenoxy) is 3. The van der Waals surface area contributed by atoms with Crippen LogP contribution in [-0.2, 0) is 108 Å². The Bertz CT molecular complexity index is 4830. The number of alkyl halides is 1. The molecule has 3 heterocycles. The quantitative estimate of drug-likeness (QED) is 0.0404. The van der Waals surface area contributed by atoms with Crippen LogP contribution in [0.1, 0.15) is 215 Å². The van der Waals surface area contributed by atoms with Crippen molar-refractivity contribution in [3.05, 3.63) is 247 Å². The Kier molecular flexibility index (Phi) is 24.7. The fourth-order valence-corrected chi connectivity index (χ4v) is 22.5. The maximum absolute atomic E-state index is 15.1. The second-order valence-corrected chi connectivity index (χ2v) is 36.5. The molecule has 13 nitrogen and oxygen atoms in total. The number of nitrogens with one attached hydrogen (secondary N) is 2. The third-order valence-corrected chi connectivity index (χ3v) is 29.8. The van der Waals surface area contributed by atoms with Crippen LogP contribution >= 0.6 is 39.9 Å². The zero-order chi connectivity index (χ0) is 79.2. The fourth-order valence-electron chi connectivity index (χ4n) is 20.8. The number of halogens is 5. The lowest BCUT2D eigenvalue weighted by Crippen LogP contribution is -2.56. The second-order valence-electron chi connectivity index (χ2n) is 34.6. The van der Waals surface area contributed by atoms with E-state index in [1.165, 1.54) is 138 Å². The molecule has 608 valence electrons. The Morgan fingerprint density at radius 3 is 1.24 bits per heavy atom. The van der Waals surface area contributed by atoms with Crippen molar-refractivity contribution in [2.45, 2.75) is 240 Å². The molecule has 7 aromatic carbocycles. The lowest BCUT2D eigenvalue weighted by molar-refractivity contribution is -0.139. The number of rotatable bonds is 19. The Balaban J connectivity index is 0.000000130. The zero-order valence-electron chi connectivity index (χ0n) is 65.8. The van der Waals surface area contributed by atoms with Gasteiger partial charge in [0.2, 0.25) is 0 Å². The first-order chi connectivity index (χ1) is 55.3. The highest BCUT2D eigenvalue weighted by Gasteiger charge is 2.69. The van der Waals surface area contributed by atoms with Gasteiger partial charge in [0.1, 0.15) is 23.3 Å². The first kappa shape index (κ1) is 82.5. The number of aliphatic imine (C=N–C) groups is 2. The van der Waals surface area contributed by atoms with Gasteiger partial charge in [-0.3, -0.25) is 24.2 Å². The number of fused-ring (bicyclic) bond motifs is 9. The molecule has 12 aliphatic rings. The summed E-state index contributed by atoms with van der Waals surface area (Å²) in [5.74, 6) is 1.87. The van der Waals surface area contributed by atoms with Gasteiger partial charge in [0, 0.05) is 59.8 Å². The molecule has 0 radical (unpaired) electrons. The number of carbonyl (C=O) groups excluding carboxylic acids is 3. The molecule has 9 aliphatic carbocycles. The smallest absolute Gasteiger partial charge is 0.262 e. The molecule has 7 aromatic rings. The van der Waals surface area contributed by atoms with Gasteiger partial charge < -0.3 is 30.6 Å². The largest absolute Gasteiger partial charge is 0.381 e. The van der Waals surface area contributed by atoms with Crippen molar-refractivity contribution in [1.82, 2.24) is 20.4 Å². The number of guanidine groups is 1. The third-order valence-electron chi connectivity index (χ3n) is 27.9. The van der Waals surface area contributed by atoms with Gasteiger partial charge >= 0.3 is 0 Å². The number of thiocarbonyl (C=S) groups is 1. The lowest BCUT2D eigenvalue weighted by atomic mass is 9.61. The third kappa shape index (κ3) is 16.0. The summed E-state index contributed by atoms with van der Waals surface area (Å²) in [7, 11) is 5.32. The molecule has 7 fully saturated rings. The highest BCUT2D eigenvalue weighted by Crippen LogP contribution is 2.65. The number of methoxy groups -OCH3 is 3. The predicted octanol–water partition coefficient (Wildman–Crippen LogP) is 19.5. The highest BCUT2D eigenvalue weighted by atomic mass is 79.9. The van der Waals surface area contributed by atoms with E-state index >= 15 is 4.79 Å². The number of nitrogens with two attached hydrogens (primary N) is 1. The van der Waals surface area contributed by atoms with E-state index in [0.29, 0.717) is 49.7 Å². The van der Waals surface area contributed by atoms with Crippen LogP contribution in [0.3, 0.4) is 0 Å². The summed E-state index contributed by atoms with van der Waals surface area (Å²) in [6.45, 7) is 0.180. The Morgan fingerprint density at radius 1 is 0.487 bits per heavy atom. The van der Waals surface area contributed by atoms with Crippen molar-refractivity contribution in [2.75, 3.05) is 21.3 Å². The van der Waals surface area contributed by atoms with Crippen molar-refractivity contribution in [1.29, 1.82) is 0 Å². The molecular weight excluding hydrogens is 1560 g/mol. The highest BCUT2D eigenvalue weighted by molar-refractivity contribution is 9.08. The van der Waals surface area contributed by atoms with E-state index in [0.717, 1.165) is 144 Å². The fraction of sp³-hybridized carbons (Fsp3) is 0.495. The van der Waals surface area contributed by atoms with Crippen molar-refractivity contribution in [2.24, 2.45) is 49.7 Å². The molecule has 1 saturated heterocycles. The van der Waals surface area contributed by atoms with E-state index < -0.39 is 16.6 Å². The Labute approximate surface area is 694 Å². The summed E-state index contributed by atoms with van der Waals surface area (Å²) in [4.78, 5) is 56.4. The van der Waals surface area contributed by atoms with E-state index in [4.69, 9.17) is 42.1 Å². The van der Waals surface area contributed by atoms with E-state index in [1.54, 1.807) is 86.9 Å². The minimum absolute atomic E-state index is 0. The van der Waals surface area contributed by atoms with Crippen molar-refractivity contribution in [3.8, 4) is 0 Å². The molecule has 20 heteroatoms. The zero-order valence-corrected chi connectivity index (χ0v) is 69.1. The van der Waals surface area contributed by atoms with E-state index in [-0.39, 0.29) is 95.9 Å². The van der Waals surface area contributed by atoms with Gasteiger partial charge in [0.15, 0.2) is 32.9 Å². The molecule has 3 aliphatic heterocycles. The van der Waals surface area contributed by atoms with Gasteiger partial charge in [-0.05, 0) is 250 Å². The summed E-state index contributed by atoms with van der Waals surface area (Å²) in [6.07, 6.45) is 29.0. The number of hydrogen-bond acceptors (Lipinski definition) is 11. The first-order valence-corrected chi connectivity index (χ1v) is 44.1. The van der Waals surface area contributed by atoms with Crippen LogP contribution in [0, 0.1) is 57.3 Å². The number of amidine groups is 1. The summed E-state index contributed by atoms with van der Waals surface area (Å²) in [6, 6.07) is 46.9. The van der Waals surface area contributed by atoms with Gasteiger partial charge in [-0.25, -0.2) is 27.5 Å². The summed E-state index contributed by atoms with van der Waals surface area (Å²) in [5.41, 5.74) is 15.8. The SMILES string of the molecule is C.COC1CCC2(CC1)Cc1ccc(CCC3CC3)cc1C21N=C(N)N(Cc2ccccc2F)C1=O.COC1CCC2(CC1)Cc1ccc(CCC3CC3)cc1C21N=C(SCc2ccccc2F)N(Cc2ccccc2F)C1=O.COC1CCC2(CC1)Cc1ccc(CCC3CC3)cc1C21NC(=S)NC1=O.Fc1ccccc1CBr. The Hall–Kier alpha value is -7.59. The number of benzene rings is 7. The van der Waals surface area contributed by atoms with E-state index in [2.05, 4.69) is 81.2 Å². The standard InChI is InChI=1S/C36H38F2N2O2S.C29H34FN3O2.C22H28N2O2S.C7H6BrF.CH4/c1-42-29-16-18-35(19-17-29)21-26-15-14-25(13-12-24-10-11-24)20-30(26)36(35)33(41)40(22-27-6-2-4-8-31(27)37)34(39-36)43-23-28-7-3-5-9-32(28)38;1-35-23-12-14-28(15-13-23)17-21-11-10-20(9-8-19-6-7-19)16-24(21)29(28)26(34)33(27(31)32-29)18-22-4-2-3-5-25(22)30;1-26-17-8-10-21(11-9-17)13-16-7-6-15(5-4-14-2-3-14)12-18(16)22(21)19(25)23-20(27)24-22;8-5-6-3-1-2-4-7(6)9;/h2-9,14-15,20,24,29H,10-13,16-19,21-23H2,1H3;2-5,10-11,16,19,23H,6-9,12-15,17-18H2,1H3,(H2,31,32);6-7,12,14,17H,2-5,8-11,13H2,1H3,(H2,23,24,25,27);1-4H,5H2;1H4. The molecule has 115 heavy (non-hydrogen) atoms. The van der Waals surface area contributed by atoms with Crippen molar-refractivity contribution >= 4 is 73.9 Å². The van der Waals surface area contributed by atoms with Crippen LogP contribution in [-0.4, -0.2) is 83.4 Å². The Morgan fingerprint density at radius 2 is 0.852 bits per heavy atom. The topological polar surface area (TPSA) is 160 Å². The molecule has 3 atom stereocenters. The second kappa shape index (κ2) is 34.4. The lowest BCUT2D eigenvalue weighted by Gasteiger charge is -2.46. The molecule has 6 saturated carbocycles. The summed E-state index contributed by atoms with van der Waals surface area (Å²) >= 11 is 9.93. The van der Waals surface area contributed by atoms with Crippen LogP contribution in [0.5, 0.6) is 0 Å². The predicted molar refractivity (Wildman–Crippen MR) is 454 cm³/mol. The maximum atomic E-state index is 15.1. The van der Waals surface area contributed by atoms with Gasteiger partial charge in [0.25, 0.3) is 17.7 Å². The van der Waals surface area contributed by atoms with Crippen molar-refractivity contribution in [3.63, 3.8) is 0 Å². The molecule has 19 rings (SSSR count). The molecule has 0 aromatic heterocycles. The van der Waals surface area contributed by atoms with Gasteiger partial charge in [-0.1, -0.05) is 201 Å². The average Bonchev–Trinajstić information content (AvgIpc) is 1.53. The normalized spacial score (nSPS) is 27.8. The number of amides is 3. The number of nitrogens with zero attached hydrogens (tertiary/aromatic N) is 4. The average molecular weight is 1670 g/mol. The monoisotopic (exact) mass is 1660 g/mol. The summed E-state index contributed by atoms with van der Waals surface area (Å²) in [5, 5.41) is 7.98. The molecular formula is C95H110BrF4N7O6S2. The maximum Gasteiger partial charge on any atom is 0.262 e. The van der Waals surface area contributed by atoms with Crippen LogP contribution in [0.15, 0.2) is 162 Å². The van der Waals surface area contributed by atoms with Gasteiger partial charge in [-0.15, -0.1) is 0 Å². The number of aryl methyl sites for hydroxylation is 3. The van der Waals surface area contributed by atoms with Crippen LogP contribution < -0.4 is 16.4 Å². The molecule has 3 unspecified atom stereocenters. The number of hydrogen-bond donors (Lipinski definition) is 3. The molecule has 0 bridgehead atoms. The minimum atomic E-state index is -1.08. The van der Waals surface area contributed by atoms with Crippen molar-refractivity contribution < 1.29 is 46.2 Å². The minimum Gasteiger partial charge on any atom is -0.381 e. The summed E-state index contributed by atoms with van der Waals surface area (Å²) < 4.78 is 73.8. The number of thioether (sulfide) groups is 1. The molecule has 4 N–H and O–H groups in total. The molecule has 6 spiro atoms. The first-order valence-electron chi connectivity index (χ1n) is 41.6. The van der Waals surface area contributed by atoms with Crippen LogP contribution in [0.2, 0.25) is 0 Å². The van der Waals surface area contributed by atoms with Crippen LogP contribution in [0.4, 0.5) is 17.6 Å². The van der Waals surface area contributed by atoms with E-state index in [9.17, 15) is 27.2 Å².